The van der Waals surface area contributed by atoms with E-state index in [9.17, 15) is 0 Å². The molecule has 1 aliphatic heterocycles. The number of rotatable bonds is 2. The maximum atomic E-state index is 5.45. The van der Waals surface area contributed by atoms with E-state index >= 15 is 0 Å². The number of allylic oxidation sites excluding steroid dienone is 1. The Hall–Kier alpha value is -0.120. The highest BCUT2D eigenvalue weighted by atomic mass is 35.5. The monoisotopic (exact) mass is 234 g/mol. The smallest absolute Gasteiger partial charge is 0.276 e. The second-order valence-electron chi connectivity index (χ2n) is 3.51. The summed E-state index contributed by atoms with van der Waals surface area (Å²) < 4.78 is 0. The number of thiocarbonyl (C=S) groups is 1. The number of hydrogen-bond acceptors (Lipinski definition) is 1. The van der Waals surface area contributed by atoms with Crippen LogP contribution < -0.4 is 17.3 Å². The standard InChI is InChI=1S/C10H18N2S.ClH/c1-5-11-8(3)7-9(4)12(6-2)10(11)13;/h7-8H,5-6H2,1-4H3;1H. The molecule has 1 rings (SSSR count). The molecular weight excluding hydrogens is 216 g/mol. The molecule has 0 saturated carbocycles. The lowest BCUT2D eigenvalue weighted by atomic mass is 10.2. The maximum Gasteiger partial charge on any atom is 0.276 e. The van der Waals surface area contributed by atoms with Crippen molar-refractivity contribution in [2.45, 2.75) is 33.7 Å². The normalized spacial score (nSPS) is 27.0. The Morgan fingerprint density at radius 3 is 2.50 bits per heavy atom. The van der Waals surface area contributed by atoms with Gasteiger partial charge in [0.15, 0.2) is 0 Å². The van der Waals surface area contributed by atoms with Gasteiger partial charge in [-0.3, -0.25) is 0 Å². The first-order valence-corrected chi connectivity index (χ1v) is 5.38. The van der Waals surface area contributed by atoms with Gasteiger partial charge in [-0.15, -0.1) is 0 Å². The number of quaternary nitrogens is 1. The van der Waals surface area contributed by atoms with Crippen LogP contribution in [0.1, 0.15) is 27.7 Å². The van der Waals surface area contributed by atoms with Gasteiger partial charge in [-0.25, -0.2) is 4.90 Å². The fourth-order valence-electron chi connectivity index (χ4n) is 1.94. The summed E-state index contributed by atoms with van der Waals surface area (Å²) in [5, 5.41) is 1.05. The third-order valence-electron chi connectivity index (χ3n) is 2.67. The molecule has 2 nitrogen and oxygen atoms in total. The highest BCUT2D eigenvalue weighted by Crippen LogP contribution is 2.06. The summed E-state index contributed by atoms with van der Waals surface area (Å²) in [5.74, 6) is 0. The number of likely N-dealkylation sites (N-methyl/N-ethyl adjacent to an activating group) is 1. The van der Waals surface area contributed by atoms with Crippen LogP contribution >= 0.6 is 12.2 Å². The van der Waals surface area contributed by atoms with Gasteiger partial charge in [0.1, 0.15) is 5.70 Å². The molecule has 2 atom stereocenters. The average Bonchev–Trinajstić information content (AvgIpc) is 2.04. The summed E-state index contributed by atoms with van der Waals surface area (Å²) in [6, 6.07) is 0.466. The molecular formula is C10H19ClN2S. The van der Waals surface area contributed by atoms with Crippen molar-refractivity contribution in [3.8, 4) is 0 Å². The number of hydrogen-bond donors (Lipinski definition) is 1. The lowest BCUT2D eigenvalue weighted by Gasteiger charge is -2.35. The van der Waals surface area contributed by atoms with E-state index in [4.69, 9.17) is 12.2 Å². The summed E-state index contributed by atoms with van der Waals surface area (Å²) in [6.07, 6.45) is 2.30. The Kier molecular flexibility index (Phi) is 5.64. The predicted molar refractivity (Wildman–Crippen MR) is 59.7 cm³/mol. The Labute approximate surface area is 98.4 Å². The Balaban J connectivity index is 0.00000169. The Morgan fingerprint density at radius 1 is 1.50 bits per heavy atom. The van der Waals surface area contributed by atoms with E-state index in [1.165, 1.54) is 10.6 Å². The van der Waals surface area contributed by atoms with Gasteiger partial charge in [0.25, 0.3) is 5.11 Å². The summed E-state index contributed by atoms with van der Waals surface area (Å²) in [6.45, 7) is 10.7. The van der Waals surface area contributed by atoms with E-state index in [2.05, 4.69) is 38.7 Å². The Morgan fingerprint density at radius 2 is 2.07 bits per heavy atom. The second kappa shape index (κ2) is 5.69. The Bertz CT molecular complexity index is 240. The van der Waals surface area contributed by atoms with E-state index in [-0.39, 0.29) is 12.4 Å². The topological polar surface area (TPSA) is 7.68 Å². The van der Waals surface area contributed by atoms with Gasteiger partial charge in [-0.05, 0) is 26.8 Å². The van der Waals surface area contributed by atoms with Crippen molar-refractivity contribution < 1.29 is 17.3 Å². The highest BCUT2D eigenvalue weighted by molar-refractivity contribution is 7.79. The third-order valence-corrected chi connectivity index (χ3v) is 3.15. The molecule has 82 valence electrons. The van der Waals surface area contributed by atoms with Crippen molar-refractivity contribution >= 4 is 17.3 Å². The quantitative estimate of drug-likeness (QED) is 0.543. The third kappa shape index (κ3) is 2.47. The van der Waals surface area contributed by atoms with Crippen molar-refractivity contribution in [3.63, 3.8) is 0 Å². The zero-order valence-electron chi connectivity index (χ0n) is 9.30. The molecule has 4 heteroatoms. The van der Waals surface area contributed by atoms with Crippen LogP contribution in [0.3, 0.4) is 0 Å². The summed E-state index contributed by atoms with van der Waals surface area (Å²) in [5.41, 5.74) is 1.37. The maximum absolute atomic E-state index is 5.45. The minimum absolute atomic E-state index is 0. The molecule has 0 aromatic rings. The van der Waals surface area contributed by atoms with Crippen LogP contribution in [0, 0.1) is 0 Å². The molecule has 0 amide bonds. The van der Waals surface area contributed by atoms with E-state index in [1.807, 2.05) is 0 Å². The van der Waals surface area contributed by atoms with E-state index < -0.39 is 0 Å². The highest BCUT2D eigenvalue weighted by Gasteiger charge is 2.29. The lowest BCUT2D eigenvalue weighted by molar-refractivity contribution is -0.766. The minimum Gasteiger partial charge on any atom is -1.00 e. The molecule has 14 heavy (non-hydrogen) atoms. The summed E-state index contributed by atoms with van der Waals surface area (Å²) >= 11 is 5.45. The molecule has 0 aromatic heterocycles. The lowest BCUT2D eigenvalue weighted by Crippen LogP contribution is -3.14. The molecule has 1 heterocycles. The molecule has 0 fully saturated rings. The van der Waals surface area contributed by atoms with Crippen molar-refractivity contribution in [1.82, 2.24) is 4.90 Å². The van der Waals surface area contributed by atoms with Crippen molar-refractivity contribution in [3.05, 3.63) is 11.8 Å². The van der Waals surface area contributed by atoms with Crippen LogP contribution in [0.4, 0.5) is 0 Å². The molecule has 0 saturated heterocycles. The van der Waals surface area contributed by atoms with Gasteiger partial charge in [-0.2, -0.15) is 0 Å². The van der Waals surface area contributed by atoms with Crippen LogP contribution in [0.2, 0.25) is 0 Å². The zero-order chi connectivity index (χ0) is 10.0. The minimum atomic E-state index is 0. The number of halogens is 1. The molecule has 0 radical (unpaired) electrons. The van der Waals surface area contributed by atoms with Gasteiger partial charge in [-0.1, -0.05) is 0 Å². The van der Waals surface area contributed by atoms with Crippen LogP contribution in [-0.2, 0) is 0 Å². The van der Waals surface area contributed by atoms with Crippen molar-refractivity contribution in [2.75, 3.05) is 13.1 Å². The molecule has 0 spiro atoms. The first kappa shape index (κ1) is 13.9. The van der Waals surface area contributed by atoms with Crippen LogP contribution in [0.5, 0.6) is 0 Å². The molecule has 2 unspecified atom stereocenters. The van der Waals surface area contributed by atoms with Gasteiger partial charge in [0, 0.05) is 25.7 Å². The molecule has 0 bridgehead atoms. The van der Waals surface area contributed by atoms with Gasteiger partial charge >= 0.3 is 0 Å². The van der Waals surface area contributed by atoms with Crippen molar-refractivity contribution in [1.29, 1.82) is 0 Å². The SMILES string of the molecule is CCN1C(=S)[NH+](CC)C(C)=CC1C.[Cl-]. The average molecular weight is 235 g/mol. The first-order valence-electron chi connectivity index (χ1n) is 4.97. The van der Waals surface area contributed by atoms with Crippen LogP contribution in [0.25, 0.3) is 0 Å². The number of nitrogens with zero attached hydrogens (tertiary/aromatic N) is 1. The predicted octanol–water partition coefficient (Wildman–Crippen LogP) is -2.19. The van der Waals surface area contributed by atoms with Gasteiger partial charge < -0.3 is 17.3 Å². The van der Waals surface area contributed by atoms with E-state index in [0.29, 0.717) is 6.04 Å². The molecule has 0 aliphatic carbocycles. The molecule has 0 aromatic carbocycles. The molecule has 1 aliphatic rings. The van der Waals surface area contributed by atoms with Gasteiger partial charge in [0.05, 0.1) is 12.6 Å². The summed E-state index contributed by atoms with van der Waals surface area (Å²) in [4.78, 5) is 3.62. The molecule has 1 N–H and O–H groups in total. The van der Waals surface area contributed by atoms with E-state index in [1.54, 1.807) is 0 Å². The fraction of sp³-hybridized carbons (Fsp3) is 0.700. The van der Waals surface area contributed by atoms with Crippen LogP contribution in [0.15, 0.2) is 11.8 Å². The van der Waals surface area contributed by atoms with Gasteiger partial charge in [0.2, 0.25) is 0 Å². The number of nitrogens with one attached hydrogen (secondary N) is 1. The van der Waals surface area contributed by atoms with Crippen LogP contribution in [-0.4, -0.2) is 29.1 Å². The largest absolute Gasteiger partial charge is 1.00 e. The second-order valence-corrected chi connectivity index (χ2v) is 3.90. The zero-order valence-corrected chi connectivity index (χ0v) is 10.9. The first-order chi connectivity index (χ1) is 6.11. The fourth-order valence-corrected chi connectivity index (χ4v) is 2.54. The van der Waals surface area contributed by atoms with E-state index in [0.717, 1.165) is 18.2 Å². The summed E-state index contributed by atoms with van der Waals surface area (Å²) in [7, 11) is 0. The van der Waals surface area contributed by atoms with Crippen molar-refractivity contribution in [2.24, 2.45) is 0 Å².